The molecular formula is C12H15N3O. The SMILES string of the molecule is CCn1nccc1-c1ccc(OC)c(N)c1. The van der Waals surface area contributed by atoms with Crippen LogP contribution in [-0.2, 0) is 6.54 Å². The lowest BCUT2D eigenvalue weighted by atomic mass is 10.1. The second-order valence-electron chi connectivity index (χ2n) is 3.49. The van der Waals surface area contributed by atoms with Gasteiger partial charge in [0.05, 0.1) is 18.5 Å². The molecule has 0 bridgehead atoms. The molecule has 16 heavy (non-hydrogen) atoms. The summed E-state index contributed by atoms with van der Waals surface area (Å²) in [4.78, 5) is 0. The number of aryl methyl sites for hydroxylation is 1. The van der Waals surface area contributed by atoms with Crippen molar-refractivity contribution in [1.29, 1.82) is 0 Å². The minimum absolute atomic E-state index is 0.642. The van der Waals surface area contributed by atoms with Gasteiger partial charge in [-0.2, -0.15) is 5.10 Å². The van der Waals surface area contributed by atoms with E-state index in [0.29, 0.717) is 11.4 Å². The smallest absolute Gasteiger partial charge is 0.141 e. The Hall–Kier alpha value is -1.97. The third-order valence-corrected chi connectivity index (χ3v) is 2.54. The summed E-state index contributed by atoms with van der Waals surface area (Å²) >= 11 is 0. The Bertz CT molecular complexity index is 491. The number of nitrogen functional groups attached to an aromatic ring is 1. The number of hydrogen-bond acceptors (Lipinski definition) is 3. The van der Waals surface area contributed by atoms with Gasteiger partial charge >= 0.3 is 0 Å². The zero-order chi connectivity index (χ0) is 11.5. The second kappa shape index (κ2) is 4.26. The maximum Gasteiger partial charge on any atom is 0.141 e. The van der Waals surface area contributed by atoms with E-state index in [1.54, 1.807) is 13.3 Å². The van der Waals surface area contributed by atoms with Crippen LogP contribution in [-0.4, -0.2) is 16.9 Å². The Morgan fingerprint density at radius 2 is 2.19 bits per heavy atom. The first-order valence-corrected chi connectivity index (χ1v) is 5.22. The largest absolute Gasteiger partial charge is 0.495 e. The van der Waals surface area contributed by atoms with Gasteiger partial charge in [-0.1, -0.05) is 0 Å². The number of anilines is 1. The average molecular weight is 217 g/mol. The first-order chi connectivity index (χ1) is 7.76. The lowest BCUT2D eigenvalue weighted by Gasteiger charge is -2.08. The average Bonchev–Trinajstić information content (AvgIpc) is 2.77. The summed E-state index contributed by atoms with van der Waals surface area (Å²) in [5, 5.41) is 4.23. The van der Waals surface area contributed by atoms with Crippen LogP contribution in [0, 0.1) is 0 Å². The van der Waals surface area contributed by atoms with Gasteiger partial charge in [0.25, 0.3) is 0 Å². The molecule has 0 unspecified atom stereocenters. The summed E-state index contributed by atoms with van der Waals surface area (Å²) in [5.41, 5.74) is 8.64. The van der Waals surface area contributed by atoms with Crippen molar-refractivity contribution >= 4 is 5.69 Å². The summed E-state index contributed by atoms with van der Waals surface area (Å²) in [7, 11) is 1.61. The van der Waals surface area contributed by atoms with E-state index in [9.17, 15) is 0 Å². The van der Waals surface area contributed by atoms with Crippen LogP contribution in [0.4, 0.5) is 5.69 Å². The highest BCUT2D eigenvalue weighted by atomic mass is 16.5. The van der Waals surface area contributed by atoms with Crippen molar-refractivity contribution in [2.24, 2.45) is 0 Å². The van der Waals surface area contributed by atoms with E-state index in [2.05, 4.69) is 12.0 Å². The number of nitrogens with zero attached hydrogens (tertiary/aromatic N) is 2. The van der Waals surface area contributed by atoms with Crippen molar-refractivity contribution in [3.63, 3.8) is 0 Å². The molecule has 4 nitrogen and oxygen atoms in total. The van der Waals surface area contributed by atoms with E-state index in [1.807, 2.05) is 28.9 Å². The van der Waals surface area contributed by atoms with Crippen molar-refractivity contribution in [1.82, 2.24) is 9.78 Å². The molecule has 1 heterocycles. The monoisotopic (exact) mass is 217 g/mol. The van der Waals surface area contributed by atoms with E-state index in [4.69, 9.17) is 10.5 Å². The van der Waals surface area contributed by atoms with Gasteiger partial charge in [-0.25, -0.2) is 0 Å². The maximum atomic E-state index is 5.87. The lowest BCUT2D eigenvalue weighted by molar-refractivity contribution is 0.417. The Morgan fingerprint density at radius 1 is 1.38 bits per heavy atom. The molecule has 2 aromatic rings. The summed E-state index contributed by atoms with van der Waals surface area (Å²) in [6.45, 7) is 2.90. The van der Waals surface area contributed by atoms with Crippen LogP contribution in [0.2, 0.25) is 0 Å². The van der Waals surface area contributed by atoms with Crippen LogP contribution >= 0.6 is 0 Å². The number of methoxy groups -OCH3 is 1. The zero-order valence-electron chi connectivity index (χ0n) is 9.47. The highest BCUT2D eigenvalue weighted by Crippen LogP contribution is 2.27. The molecule has 0 aliphatic rings. The molecule has 2 N–H and O–H groups in total. The molecule has 0 fully saturated rings. The van der Waals surface area contributed by atoms with Gasteiger partial charge in [-0.15, -0.1) is 0 Å². The quantitative estimate of drug-likeness (QED) is 0.801. The minimum Gasteiger partial charge on any atom is -0.495 e. The van der Waals surface area contributed by atoms with Gasteiger partial charge < -0.3 is 10.5 Å². The van der Waals surface area contributed by atoms with Crippen molar-refractivity contribution in [2.45, 2.75) is 13.5 Å². The minimum atomic E-state index is 0.642. The van der Waals surface area contributed by atoms with Gasteiger partial charge in [0.15, 0.2) is 0 Å². The molecule has 0 atom stereocenters. The Labute approximate surface area is 94.6 Å². The molecule has 0 spiro atoms. The third-order valence-electron chi connectivity index (χ3n) is 2.54. The number of ether oxygens (including phenoxy) is 1. The number of hydrogen-bond donors (Lipinski definition) is 1. The van der Waals surface area contributed by atoms with Gasteiger partial charge in [-0.3, -0.25) is 4.68 Å². The van der Waals surface area contributed by atoms with Crippen molar-refractivity contribution < 1.29 is 4.74 Å². The van der Waals surface area contributed by atoms with Crippen LogP contribution in [0.5, 0.6) is 5.75 Å². The van der Waals surface area contributed by atoms with Crippen LogP contribution in [0.25, 0.3) is 11.3 Å². The molecule has 84 valence electrons. The highest BCUT2D eigenvalue weighted by Gasteiger charge is 2.06. The van der Waals surface area contributed by atoms with E-state index in [1.165, 1.54) is 0 Å². The fraction of sp³-hybridized carbons (Fsp3) is 0.250. The number of rotatable bonds is 3. The summed E-state index contributed by atoms with van der Waals surface area (Å²) < 4.78 is 7.06. The van der Waals surface area contributed by atoms with E-state index in [0.717, 1.165) is 17.8 Å². The van der Waals surface area contributed by atoms with Gasteiger partial charge in [0.1, 0.15) is 5.75 Å². The number of nitrogens with two attached hydrogens (primary N) is 1. The molecule has 0 aliphatic heterocycles. The van der Waals surface area contributed by atoms with Crippen LogP contribution < -0.4 is 10.5 Å². The van der Waals surface area contributed by atoms with Crippen molar-refractivity contribution in [3.05, 3.63) is 30.5 Å². The molecule has 4 heteroatoms. The van der Waals surface area contributed by atoms with Crippen molar-refractivity contribution in [2.75, 3.05) is 12.8 Å². The maximum absolute atomic E-state index is 5.87. The topological polar surface area (TPSA) is 53.1 Å². The van der Waals surface area contributed by atoms with Gasteiger partial charge in [-0.05, 0) is 31.2 Å². The Kier molecular flexibility index (Phi) is 2.81. The highest BCUT2D eigenvalue weighted by molar-refractivity contribution is 5.68. The number of aromatic nitrogens is 2. The summed E-state index contributed by atoms with van der Waals surface area (Å²) in [6, 6.07) is 7.74. The molecule has 0 amide bonds. The molecule has 0 aliphatic carbocycles. The van der Waals surface area contributed by atoms with E-state index < -0.39 is 0 Å². The molecule has 0 radical (unpaired) electrons. The molecule has 1 aromatic heterocycles. The standard InChI is InChI=1S/C12H15N3O/c1-3-15-11(6-7-14-15)9-4-5-12(16-2)10(13)8-9/h4-8H,3,13H2,1-2H3. The normalized spacial score (nSPS) is 10.4. The lowest BCUT2D eigenvalue weighted by Crippen LogP contribution is -1.99. The fourth-order valence-electron chi connectivity index (χ4n) is 1.72. The van der Waals surface area contributed by atoms with Gasteiger partial charge in [0, 0.05) is 18.3 Å². The molecule has 1 aromatic carbocycles. The molecule has 0 saturated heterocycles. The summed E-state index contributed by atoms with van der Waals surface area (Å²) in [6.07, 6.45) is 1.79. The first kappa shape index (κ1) is 10.5. The predicted octanol–water partition coefficient (Wildman–Crippen LogP) is 2.16. The molecule has 2 rings (SSSR count). The first-order valence-electron chi connectivity index (χ1n) is 5.22. The van der Waals surface area contributed by atoms with E-state index >= 15 is 0 Å². The van der Waals surface area contributed by atoms with Crippen LogP contribution in [0.1, 0.15) is 6.92 Å². The molecular weight excluding hydrogens is 202 g/mol. The molecule has 0 saturated carbocycles. The van der Waals surface area contributed by atoms with Crippen molar-refractivity contribution in [3.8, 4) is 17.0 Å². The third kappa shape index (κ3) is 1.74. The Morgan fingerprint density at radius 3 is 2.81 bits per heavy atom. The summed E-state index contributed by atoms with van der Waals surface area (Å²) in [5.74, 6) is 0.700. The van der Waals surface area contributed by atoms with E-state index in [-0.39, 0.29) is 0 Å². The second-order valence-corrected chi connectivity index (χ2v) is 3.49. The predicted molar refractivity (Wildman–Crippen MR) is 64.3 cm³/mol. The van der Waals surface area contributed by atoms with Crippen LogP contribution in [0.3, 0.4) is 0 Å². The number of benzene rings is 1. The van der Waals surface area contributed by atoms with Gasteiger partial charge in [0.2, 0.25) is 0 Å². The Balaban J connectivity index is 2.45. The van der Waals surface area contributed by atoms with Crippen LogP contribution in [0.15, 0.2) is 30.5 Å². The zero-order valence-corrected chi connectivity index (χ0v) is 9.47. The fourth-order valence-corrected chi connectivity index (χ4v) is 1.72.